The Labute approximate surface area is 152 Å². The third-order valence-electron chi connectivity index (χ3n) is 5.05. The van der Waals surface area contributed by atoms with Gasteiger partial charge in [0, 0.05) is 19.6 Å². The van der Waals surface area contributed by atoms with Crippen LogP contribution in [-0.2, 0) is 17.7 Å². The maximum atomic E-state index is 12.2. The number of carbonyl (C=O) groups is 1. The number of ether oxygens (including phenoxy) is 1. The van der Waals surface area contributed by atoms with Crippen LogP contribution in [0.5, 0.6) is 0 Å². The van der Waals surface area contributed by atoms with E-state index in [0.717, 1.165) is 36.8 Å². The summed E-state index contributed by atoms with van der Waals surface area (Å²) in [5.41, 5.74) is 5.19. The zero-order valence-corrected chi connectivity index (χ0v) is 15.6. The first-order valence-corrected chi connectivity index (χ1v) is 9.25. The molecule has 0 radical (unpaired) electrons. The number of hydrogen-bond donors (Lipinski definition) is 1. The van der Waals surface area contributed by atoms with Gasteiger partial charge < -0.3 is 14.6 Å². The number of rotatable bonds is 1. The van der Waals surface area contributed by atoms with Gasteiger partial charge in [-0.15, -0.1) is 0 Å². The van der Waals surface area contributed by atoms with Gasteiger partial charge in [0.15, 0.2) is 0 Å². The monoisotopic (exact) mass is 355 g/mol. The predicted molar refractivity (Wildman–Crippen MR) is 101 cm³/mol. The van der Waals surface area contributed by atoms with Crippen LogP contribution in [-0.4, -0.2) is 39.2 Å². The number of H-pyrrole nitrogens is 1. The summed E-state index contributed by atoms with van der Waals surface area (Å²) < 4.78 is 7.32. The Morgan fingerprint density at radius 2 is 2.00 bits per heavy atom. The van der Waals surface area contributed by atoms with Crippen LogP contribution in [0.3, 0.4) is 0 Å². The summed E-state index contributed by atoms with van der Waals surface area (Å²) in [5, 5.41) is 0. The molecule has 0 atom stereocenters. The smallest absolute Gasteiger partial charge is 0.410 e. The van der Waals surface area contributed by atoms with Crippen molar-refractivity contribution >= 4 is 22.7 Å². The molecule has 2 aromatic rings. The SMILES string of the molecule is CC(C)(C)OC(=O)N1CC=C(c2ccc3[nH]c(=O)n4c3c2CCC4)CC1. The molecule has 0 saturated heterocycles. The van der Waals surface area contributed by atoms with E-state index in [-0.39, 0.29) is 11.8 Å². The van der Waals surface area contributed by atoms with Crippen LogP contribution in [0.15, 0.2) is 23.0 Å². The van der Waals surface area contributed by atoms with Gasteiger partial charge in [-0.05, 0) is 62.8 Å². The van der Waals surface area contributed by atoms with E-state index in [1.54, 1.807) is 4.90 Å². The van der Waals surface area contributed by atoms with Crippen LogP contribution in [0.4, 0.5) is 4.79 Å². The van der Waals surface area contributed by atoms with Crippen molar-refractivity contribution in [3.8, 4) is 0 Å². The van der Waals surface area contributed by atoms with Gasteiger partial charge in [-0.25, -0.2) is 9.59 Å². The fourth-order valence-corrected chi connectivity index (χ4v) is 3.92. The van der Waals surface area contributed by atoms with E-state index in [1.165, 1.54) is 16.7 Å². The third-order valence-corrected chi connectivity index (χ3v) is 5.05. The van der Waals surface area contributed by atoms with Crippen LogP contribution in [0.2, 0.25) is 0 Å². The molecule has 2 aliphatic rings. The predicted octanol–water partition coefficient (Wildman–Crippen LogP) is 3.30. The summed E-state index contributed by atoms with van der Waals surface area (Å²) in [6.45, 7) is 7.63. The number of amides is 1. The normalized spacial score (nSPS) is 17.3. The van der Waals surface area contributed by atoms with E-state index in [0.29, 0.717) is 13.1 Å². The average Bonchev–Trinajstić information content (AvgIpc) is 2.92. The maximum absolute atomic E-state index is 12.2. The van der Waals surface area contributed by atoms with Gasteiger partial charge in [0.2, 0.25) is 0 Å². The maximum Gasteiger partial charge on any atom is 0.410 e. The second-order valence-electron chi connectivity index (χ2n) is 8.08. The van der Waals surface area contributed by atoms with Crippen molar-refractivity contribution < 1.29 is 9.53 Å². The Hall–Kier alpha value is -2.50. The molecular formula is C20H25N3O3. The molecule has 1 amide bonds. The number of imidazole rings is 1. The molecule has 1 N–H and O–H groups in total. The minimum absolute atomic E-state index is 0.0215. The highest BCUT2D eigenvalue weighted by Gasteiger charge is 2.26. The van der Waals surface area contributed by atoms with Crippen molar-refractivity contribution in [3.05, 3.63) is 39.8 Å². The highest BCUT2D eigenvalue weighted by atomic mass is 16.6. The Morgan fingerprint density at radius 1 is 1.19 bits per heavy atom. The molecule has 4 rings (SSSR count). The lowest BCUT2D eigenvalue weighted by atomic mass is 9.90. The zero-order valence-electron chi connectivity index (χ0n) is 15.6. The van der Waals surface area contributed by atoms with E-state index < -0.39 is 5.60 Å². The summed E-state index contributed by atoms with van der Waals surface area (Å²) in [6.07, 6.45) is 4.62. The van der Waals surface area contributed by atoms with E-state index in [1.807, 2.05) is 31.4 Å². The lowest BCUT2D eigenvalue weighted by Crippen LogP contribution is -2.39. The Balaban J connectivity index is 1.63. The zero-order chi connectivity index (χ0) is 18.5. The van der Waals surface area contributed by atoms with E-state index in [9.17, 15) is 9.59 Å². The summed E-state index contributed by atoms with van der Waals surface area (Å²) in [4.78, 5) is 29.0. The van der Waals surface area contributed by atoms with Gasteiger partial charge in [-0.2, -0.15) is 0 Å². The molecule has 1 aromatic heterocycles. The minimum atomic E-state index is -0.478. The third kappa shape index (κ3) is 2.93. The molecule has 6 heteroatoms. The molecule has 0 fully saturated rings. The van der Waals surface area contributed by atoms with Crippen LogP contribution >= 0.6 is 0 Å². The largest absolute Gasteiger partial charge is 0.444 e. The van der Waals surface area contributed by atoms with Crippen molar-refractivity contribution in [2.75, 3.05) is 13.1 Å². The summed E-state index contributed by atoms with van der Waals surface area (Å²) in [5.74, 6) is 0. The Kier molecular flexibility index (Phi) is 3.93. The van der Waals surface area contributed by atoms with Gasteiger partial charge in [0.25, 0.3) is 0 Å². The number of benzene rings is 1. The highest BCUT2D eigenvalue weighted by molar-refractivity contribution is 5.86. The van der Waals surface area contributed by atoms with Gasteiger partial charge in [0.05, 0.1) is 11.0 Å². The number of hydrogen-bond acceptors (Lipinski definition) is 3. The van der Waals surface area contributed by atoms with Crippen molar-refractivity contribution in [2.45, 2.75) is 52.2 Å². The summed E-state index contributed by atoms with van der Waals surface area (Å²) in [6, 6.07) is 4.11. The number of nitrogens with one attached hydrogen (secondary N) is 1. The van der Waals surface area contributed by atoms with Crippen molar-refractivity contribution in [1.29, 1.82) is 0 Å². The van der Waals surface area contributed by atoms with Crippen molar-refractivity contribution in [2.24, 2.45) is 0 Å². The molecule has 0 spiro atoms. The summed E-state index contributed by atoms with van der Waals surface area (Å²) in [7, 11) is 0. The number of carbonyl (C=O) groups excluding carboxylic acids is 1. The molecular weight excluding hydrogens is 330 g/mol. The Bertz CT molecular complexity index is 959. The molecule has 138 valence electrons. The van der Waals surface area contributed by atoms with Crippen LogP contribution < -0.4 is 5.69 Å². The number of nitrogens with zero attached hydrogens (tertiary/aromatic N) is 2. The van der Waals surface area contributed by atoms with Crippen molar-refractivity contribution in [3.63, 3.8) is 0 Å². The molecule has 0 bridgehead atoms. The summed E-state index contributed by atoms with van der Waals surface area (Å²) >= 11 is 0. The fourth-order valence-electron chi connectivity index (χ4n) is 3.92. The van der Waals surface area contributed by atoms with Gasteiger partial charge in [-0.1, -0.05) is 12.1 Å². The van der Waals surface area contributed by atoms with Gasteiger partial charge in [-0.3, -0.25) is 4.57 Å². The Morgan fingerprint density at radius 3 is 2.69 bits per heavy atom. The standard InChI is InChI=1S/C20H25N3O3/c1-20(2,3)26-19(25)22-11-8-13(9-12-22)14-6-7-16-17-15(14)5-4-10-23(17)18(24)21-16/h6-8H,4-5,9-12H2,1-3H3,(H,21,24). The topological polar surface area (TPSA) is 67.3 Å². The van der Waals surface area contributed by atoms with E-state index in [2.05, 4.69) is 17.1 Å². The first-order valence-electron chi connectivity index (χ1n) is 9.25. The molecule has 26 heavy (non-hydrogen) atoms. The first kappa shape index (κ1) is 16.9. The number of aromatic nitrogens is 2. The van der Waals surface area contributed by atoms with E-state index in [4.69, 9.17) is 4.74 Å². The molecule has 0 unspecified atom stereocenters. The number of aromatic amines is 1. The second kappa shape index (κ2) is 6.04. The highest BCUT2D eigenvalue weighted by Crippen LogP contribution is 2.33. The van der Waals surface area contributed by atoms with Gasteiger partial charge >= 0.3 is 11.8 Å². The van der Waals surface area contributed by atoms with Crippen LogP contribution in [0.1, 0.15) is 44.7 Å². The van der Waals surface area contributed by atoms with E-state index >= 15 is 0 Å². The molecule has 1 aromatic carbocycles. The molecule has 2 aliphatic heterocycles. The fraction of sp³-hybridized carbons (Fsp3) is 0.500. The van der Waals surface area contributed by atoms with Crippen molar-refractivity contribution in [1.82, 2.24) is 14.5 Å². The lowest BCUT2D eigenvalue weighted by molar-refractivity contribution is 0.0270. The first-order chi connectivity index (χ1) is 12.3. The molecule has 6 nitrogen and oxygen atoms in total. The van der Waals surface area contributed by atoms with Crippen LogP contribution in [0, 0.1) is 0 Å². The number of aryl methyl sites for hydroxylation is 2. The molecule has 0 aliphatic carbocycles. The lowest BCUT2D eigenvalue weighted by Gasteiger charge is -2.30. The van der Waals surface area contributed by atoms with Crippen LogP contribution in [0.25, 0.3) is 16.6 Å². The molecule has 3 heterocycles. The quantitative estimate of drug-likeness (QED) is 0.853. The molecule has 0 saturated carbocycles. The van der Waals surface area contributed by atoms with Gasteiger partial charge in [0.1, 0.15) is 5.60 Å². The minimum Gasteiger partial charge on any atom is -0.444 e. The average molecular weight is 355 g/mol. The second-order valence-corrected chi connectivity index (χ2v) is 8.08.